The third-order valence-corrected chi connectivity index (χ3v) is 4.09. The number of halogens is 1. The maximum atomic E-state index is 11.1. The quantitative estimate of drug-likeness (QED) is 0.488. The largest absolute Gasteiger partial charge is 0.480 e. The Morgan fingerprint density at radius 1 is 1.45 bits per heavy atom. The summed E-state index contributed by atoms with van der Waals surface area (Å²) in [7, 11) is 0. The molecule has 7 heteroatoms. The first-order valence-corrected chi connectivity index (χ1v) is 7.33. The Labute approximate surface area is 129 Å². The second kappa shape index (κ2) is 6.37. The number of nitrogens with zero attached hydrogens (tertiary/aromatic N) is 2. The number of nitro groups is 1. The topological polar surface area (TPSA) is 96.4 Å². The van der Waals surface area contributed by atoms with Crippen LogP contribution in [0.15, 0.2) is 12.1 Å². The SMILES string of the molecule is N#Cc1cc(I)c(OC2CCCCC2O)c([N+](=O)[O-])c1. The Morgan fingerprint density at radius 2 is 2.15 bits per heavy atom. The Kier molecular flexibility index (Phi) is 4.77. The van der Waals surface area contributed by atoms with Crippen molar-refractivity contribution in [2.45, 2.75) is 37.9 Å². The lowest BCUT2D eigenvalue weighted by atomic mass is 9.95. The summed E-state index contributed by atoms with van der Waals surface area (Å²) in [6.45, 7) is 0. The Hall–Kier alpha value is -1.40. The van der Waals surface area contributed by atoms with Gasteiger partial charge in [0.1, 0.15) is 6.10 Å². The third kappa shape index (κ3) is 3.19. The van der Waals surface area contributed by atoms with Crippen molar-refractivity contribution in [3.8, 4) is 11.8 Å². The number of benzene rings is 1. The molecule has 0 amide bonds. The molecule has 2 rings (SSSR count). The van der Waals surface area contributed by atoms with Crippen LogP contribution in [-0.4, -0.2) is 22.2 Å². The molecule has 2 unspecified atom stereocenters. The number of rotatable bonds is 3. The van der Waals surface area contributed by atoms with Gasteiger partial charge in [-0.05, 0) is 47.9 Å². The van der Waals surface area contributed by atoms with Crippen LogP contribution in [0.25, 0.3) is 0 Å². The van der Waals surface area contributed by atoms with Gasteiger partial charge >= 0.3 is 5.69 Å². The van der Waals surface area contributed by atoms with Crippen LogP contribution >= 0.6 is 22.6 Å². The zero-order valence-electron chi connectivity index (χ0n) is 10.6. The highest BCUT2D eigenvalue weighted by molar-refractivity contribution is 14.1. The van der Waals surface area contributed by atoms with Gasteiger partial charge in [0.05, 0.1) is 26.2 Å². The number of aliphatic hydroxyl groups excluding tert-OH is 1. The average Bonchev–Trinajstić information content (AvgIpc) is 2.42. The minimum atomic E-state index is -0.602. The summed E-state index contributed by atoms with van der Waals surface area (Å²) in [5, 5.41) is 29.9. The lowest BCUT2D eigenvalue weighted by molar-refractivity contribution is -0.386. The molecule has 0 saturated heterocycles. The van der Waals surface area contributed by atoms with Crippen molar-refractivity contribution in [3.05, 3.63) is 31.4 Å². The zero-order valence-corrected chi connectivity index (χ0v) is 12.7. The van der Waals surface area contributed by atoms with Crippen LogP contribution in [0.4, 0.5) is 5.69 Å². The summed E-state index contributed by atoms with van der Waals surface area (Å²) in [5.41, 5.74) is -0.0103. The van der Waals surface area contributed by atoms with Gasteiger partial charge < -0.3 is 9.84 Å². The first kappa shape index (κ1) is 15.0. The van der Waals surface area contributed by atoms with E-state index in [1.54, 1.807) is 0 Å². The first-order chi connectivity index (χ1) is 9.52. The molecule has 2 atom stereocenters. The van der Waals surface area contributed by atoms with Gasteiger partial charge in [-0.3, -0.25) is 10.1 Å². The van der Waals surface area contributed by atoms with Gasteiger partial charge in [-0.15, -0.1) is 0 Å². The van der Waals surface area contributed by atoms with Crippen molar-refractivity contribution in [3.63, 3.8) is 0 Å². The van der Waals surface area contributed by atoms with Crippen LogP contribution in [0.2, 0.25) is 0 Å². The maximum Gasteiger partial charge on any atom is 0.313 e. The molecule has 6 nitrogen and oxygen atoms in total. The molecule has 1 aromatic rings. The van der Waals surface area contributed by atoms with Crippen molar-refractivity contribution < 1.29 is 14.8 Å². The molecule has 1 aliphatic rings. The molecular formula is C13H13IN2O4. The summed E-state index contributed by atoms with van der Waals surface area (Å²) in [6.07, 6.45) is 2.16. The normalized spacial score (nSPS) is 22.1. The van der Waals surface area contributed by atoms with E-state index in [2.05, 4.69) is 0 Å². The predicted octanol–water partition coefficient (Wildman–Crippen LogP) is 2.75. The van der Waals surface area contributed by atoms with E-state index in [1.807, 2.05) is 28.7 Å². The molecule has 20 heavy (non-hydrogen) atoms. The van der Waals surface area contributed by atoms with E-state index in [1.165, 1.54) is 12.1 Å². The maximum absolute atomic E-state index is 11.1. The lowest BCUT2D eigenvalue weighted by Gasteiger charge is -2.28. The smallest absolute Gasteiger partial charge is 0.313 e. The van der Waals surface area contributed by atoms with Crippen LogP contribution in [0.1, 0.15) is 31.2 Å². The van der Waals surface area contributed by atoms with Gasteiger partial charge in [-0.2, -0.15) is 5.26 Å². The standard InChI is InChI=1S/C13H13IN2O4/c14-9-5-8(7-15)6-10(16(18)19)13(9)20-12-4-2-1-3-11(12)17/h5-6,11-12,17H,1-4H2. The second-order valence-corrected chi connectivity index (χ2v) is 5.85. The van der Waals surface area contributed by atoms with Gasteiger partial charge in [0.25, 0.3) is 0 Å². The lowest BCUT2D eigenvalue weighted by Crippen LogP contribution is -2.35. The van der Waals surface area contributed by atoms with E-state index < -0.39 is 17.1 Å². The van der Waals surface area contributed by atoms with Gasteiger partial charge in [-0.1, -0.05) is 6.42 Å². The molecule has 1 N–H and O–H groups in total. The fourth-order valence-corrected chi connectivity index (χ4v) is 3.00. The number of hydrogen-bond acceptors (Lipinski definition) is 5. The van der Waals surface area contributed by atoms with Crippen LogP contribution in [0.3, 0.4) is 0 Å². The molecule has 1 aromatic carbocycles. The molecule has 1 fully saturated rings. The van der Waals surface area contributed by atoms with Crippen LogP contribution in [0, 0.1) is 25.0 Å². The van der Waals surface area contributed by atoms with E-state index in [0.717, 1.165) is 12.8 Å². The van der Waals surface area contributed by atoms with Crippen molar-refractivity contribution in [1.82, 2.24) is 0 Å². The van der Waals surface area contributed by atoms with Crippen molar-refractivity contribution >= 4 is 28.3 Å². The number of aliphatic hydroxyl groups is 1. The van der Waals surface area contributed by atoms with Crippen molar-refractivity contribution in [1.29, 1.82) is 5.26 Å². The molecule has 106 valence electrons. The predicted molar refractivity (Wildman–Crippen MR) is 79.4 cm³/mol. The van der Waals surface area contributed by atoms with Gasteiger partial charge in [-0.25, -0.2) is 0 Å². The molecule has 0 aromatic heterocycles. The van der Waals surface area contributed by atoms with E-state index >= 15 is 0 Å². The highest BCUT2D eigenvalue weighted by Gasteiger charge is 2.29. The molecule has 0 aliphatic heterocycles. The summed E-state index contributed by atoms with van der Waals surface area (Å²) in [6, 6.07) is 4.63. The van der Waals surface area contributed by atoms with Crippen molar-refractivity contribution in [2.24, 2.45) is 0 Å². The van der Waals surface area contributed by atoms with Crippen LogP contribution < -0.4 is 4.74 Å². The highest BCUT2D eigenvalue weighted by atomic mass is 127. The van der Waals surface area contributed by atoms with Crippen LogP contribution in [-0.2, 0) is 0 Å². The Balaban J connectivity index is 2.35. The highest BCUT2D eigenvalue weighted by Crippen LogP contribution is 2.36. The zero-order chi connectivity index (χ0) is 14.7. The summed E-state index contributed by atoms with van der Waals surface area (Å²) < 4.78 is 6.19. The Morgan fingerprint density at radius 3 is 2.75 bits per heavy atom. The van der Waals surface area contributed by atoms with Gasteiger partial charge in [0.15, 0.2) is 0 Å². The van der Waals surface area contributed by atoms with Crippen molar-refractivity contribution in [2.75, 3.05) is 0 Å². The number of ether oxygens (including phenoxy) is 1. The fourth-order valence-electron chi connectivity index (χ4n) is 2.26. The summed E-state index contributed by atoms with van der Waals surface area (Å²) in [4.78, 5) is 10.6. The minimum Gasteiger partial charge on any atom is -0.480 e. The van der Waals surface area contributed by atoms with Gasteiger partial charge in [0.2, 0.25) is 5.75 Å². The minimum absolute atomic E-state index is 0.139. The fraction of sp³-hybridized carbons (Fsp3) is 0.462. The monoisotopic (exact) mass is 388 g/mol. The Bertz CT molecular complexity index is 570. The summed E-state index contributed by atoms with van der Waals surface area (Å²) in [5.74, 6) is 0.139. The molecule has 0 heterocycles. The van der Waals surface area contributed by atoms with E-state index in [4.69, 9.17) is 10.00 Å². The number of nitriles is 1. The number of nitro benzene ring substituents is 1. The van der Waals surface area contributed by atoms with Crippen LogP contribution in [0.5, 0.6) is 5.75 Å². The third-order valence-electron chi connectivity index (χ3n) is 3.29. The second-order valence-electron chi connectivity index (χ2n) is 4.68. The molecule has 0 spiro atoms. The first-order valence-electron chi connectivity index (χ1n) is 6.25. The molecule has 1 saturated carbocycles. The van der Waals surface area contributed by atoms with E-state index in [0.29, 0.717) is 16.4 Å². The molecule has 1 aliphatic carbocycles. The molecular weight excluding hydrogens is 375 g/mol. The molecule has 0 radical (unpaired) electrons. The average molecular weight is 388 g/mol. The summed E-state index contributed by atoms with van der Waals surface area (Å²) >= 11 is 1.91. The molecule has 0 bridgehead atoms. The number of hydrogen-bond donors (Lipinski definition) is 1. The van der Waals surface area contributed by atoms with E-state index in [9.17, 15) is 15.2 Å². The van der Waals surface area contributed by atoms with E-state index in [-0.39, 0.29) is 17.0 Å². The van der Waals surface area contributed by atoms with Gasteiger partial charge in [0, 0.05) is 6.07 Å².